The molecule has 1 aromatic rings. The van der Waals surface area contributed by atoms with Crippen molar-refractivity contribution in [2.24, 2.45) is 7.05 Å². The number of carbonyl (C=O) groups is 2. The summed E-state index contributed by atoms with van der Waals surface area (Å²) < 4.78 is 6.66. The smallest absolute Gasteiger partial charge is 0.354 e. The molecule has 0 fully saturated rings. The van der Waals surface area contributed by atoms with Crippen LogP contribution >= 0.6 is 0 Å². The monoisotopic (exact) mass is 235 g/mol. The quantitative estimate of drug-likeness (QED) is 0.582. The minimum Gasteiger partial charge on any atom is -0.461 e. The first-order valence-corrected chi connectivity index (χ1v) is 6.04. The molecule has 0 saturated heterocycles. The Hall–Kier alpha value is -1.58. The Kier molecular flexibility index (Phi) is 3.31. The molecule has 1 aliphatic carbocycles. The highest BCUT2D eigenvalue weighted by molar-refractivity contribution is 5.99. The zero-order chi connectivity index (χ0) is 12.4. The number of hydrogen-bond donors (Lipinski definition) is 0. The highest BCUT2D eigenvalue weighted by Crippen LogP contribution is 2.24. The molecular weight excluding hydrogens is 218 g/mol. The van der Waals surface area contributed by atoms with E-state index in [0.717, 1.165) is 24.8 Å². The van der Waals surface area contributed by atoms with Crippen LogP contribution in [0.1, 0.15) is 52.7 Å². The number of hydrogen-bond acceptors (Lipinski definition) is 3. The van der Waals surface area contributed by atoms with E-state index in [1.54, 1.807) is 24.6 Å². The number of fused-ring (bicyclic) bond motifs is 1. The Labute approximate surface area is 101 Å². The van der Waals surface area contributed by atoms with Crippen molar-refractivity contribution in [1.29, 1.82) is 0 Å². The van der Waals surface area contributed by atoms with Crippen molar-refractivity contribution in [1.82, 2.24) is 4.57 Å². The standard InChI is InChI=1S/C13H17NO3/c1-3-17-13(16)10-8-9-6-4-5-7-11(15)12(9)14(10)2/h8H,3-7H2,1-2H3. The molecule has 0 bridgehead atoms. The van der Waals surface area contributed by atoms with Crippen LogP contribution in [0.5, 0.6) is 0 Å². The van der Waals surface area contributed by atoms with Crippen molar-refractivity contribution in [2.45, 2.75) is 32.6 Å². The number of carbonyl (C=O) groups excluding carboxylic acids is 2. The third-order valence-corrected chi connectivity index (χ3v) is 3.16. The van der Waals surface area contributed by atoms with Crippen LogP contribution in [0.25, 0.3) is 0 Å². The van der Waals surface area contributed by atoms with E-state index >= 15 is 0 Å². The second-order valence-electron chi connectivity index (χ2n) is 4.31. The van der Waals surface area contributed by atoms with Crippen molar-refractivity contribution >= 4 is 11.8 Å². The molecule has 0 amide bonds. The van der Waals surface area contributed by atoms with E-state index in [2.05, 4.69) is 0 Å². The van der Waals surface area contributed by atoms with Crippen molar-refractivity contribution in [2.75, 3.05) is 6.61 Å². The van der Waals surface area contributed by atoms with E-state index in [1.165, 1.54) is 0 Å². The van der Waals surface area contributed by atoms with Crippen molar-refractivity contribution in [3.63, 3.8) is 0 Å². The number of Topliss-reactive ketones (excluding diaryl/α,β-unsaturated/α-hetero) is 1. The van der Waals surface area contributed by atoms with Gasteiger partial charge in [0.15, 0.2) is 5.78 Å². The van der Waals surface area contributed by atoms with Crippen LogP contribution in [0.2, 0.25) is 0 Å². The lowest BCUT2D eigenvalue weighted by Crippen LogP contribution is -2.13. The second-order valence-corrected chi connectivity index (χ2v) is 4.31. The Morgan fingerprint density at radius 1 is 1.41 bits per heavy atom. The average molecular weight is 235 g/mol. The van der Waals surface area contributed by atoms with Gasteiger partial charge in [0.2, 0.25) is 0 Å². The number of esters is 1. The lowest BCUT2D eigenvalue weighted by molar-refractivity contribution is 0.0515. The van der Waals surface area contributed by atoms with Crippen LogP contribution in [0.3, 0.4) is 0 Å². The molecule has 0 aliphatic heterocycles. The fraction of sp³-hybridized carbons (Fsp3) is 0.538. The van der Waals surface area contributed by atoms with Gasteiger partial charge in [-0.1, -0.05) is 0 Å². The molecule has 92 valence electrons. The molecule has 0 spiro atoms. The topological polar surface area (TPSA) is 48.3 Å². The van der Waals surface area contributed by atoms with Crippen LogP contribution in [-0.2, 0) is 18.2 Å². The summed E-state index contributed by atoms with van der Waals surface area (Å²) in [6.45, 7) is 2.12. The normalized spacial score (nSPS) is 15.3. The van der Waals surface area contributed by atoms with Gasteiger partial charge in [0.25, 0.3) is 0 Å². The summed E-state index contributed by atoms with van der Waals surface area (Å²) in [4.78, 5) is 23.7. The maximum absolute atomic E-state index is 11.9. The van der Waals surface area contributed by atoms with Gasteiger partial charge in [-0.2, -0.15) is 0 Å². The van der Waals surface area contributed by atoms with Gasteiger partial charge in [0, 0.05) is 13.5 Å². The molecule has 4 nitrogen and oxygen atoms in total. The van der Waals surface area contributed by atoms with E-state index in [9.17, 15) is 9.59 Å². The molecule has 2 rings (SSSR count). The van der Waals surface area contributed by atoms with Crippen LogP contribution in [0.15, 0.2) is 6.07 Å². The summed E-state index contributed by atoms with van der Waals surface area (Å²) in [5, 5.41) is 0. The van der Waals surface area contributed by atoms with E-state index in [4.69, 9.17) is 4.74 Å². The number of aryl methyl sites for hydroxylation is 1. The zero-order valence-corrected chi connectivity index (χ0v) is 10.3. The van der Waals surface area contributed by atoms with Gasteiger partial charge in [-0.15, -0.1) is 0 Å². The molecular formula is C13H17NO3. The van der Waals surface area contributed by atoms with Gasteiger partial charge in [0.05, 0.1) is 12.3 Å². The van der Waals surface area contributed by atoms with Gasteiger partial charge >= 0.3 is 5.97 Å². The summed E-state index contributed by atoms with van der Waals surface area (Å²) >= 11 is 0. The first-order valence-electron chi connectivity index (χ1n) is 6.04. The Morgan fingerprint density at radius 3 is 2.82 bits per heavy atom. The first-order chi connectivity index (χ1) is 8.15. The molecule has 17 heavy (non-hydrogen) atoms. The molecule has 1 heterocycles. The number of nitrogens with zero attached hydrogens (tertiary/aromatic N) is 1. The summed E-state index contributed by atoms with van der Waals surface area (Å²) in [5.41, 5.74) is 2.15. The van der Waals surface area contributed by atoms with Crippen molar-refractivity contribution in [3.05, 3.63) is 23.0 Å². The molecule has 1 aromatic heterocycles. The fourth-order valence-electron chi connectivity index (χ4n) is 2.34. The number of rotatable bonds is 2. The third kappa shape index (κ3) is 2.12. The van der Waals surface area contributed by atoms with E-state index in [0.29, 0.717) is 24.4 Å². The van der Waals surface area contributed by atoms with Gasteiger partial charge in [-0.05, 0) is 37.8 Å². The van der Waals surface area contributed by atoms with Gasteiger partial charge < -0.3 is 9.30 Å². The Bertz CT molecular complexity index is 459. The fourth-order valence-corrected chi connectivity index (χ4v) is 2.34. The van der Waals surface area contributed by atoms with Crippen LogP contribution in [0, 0.1) is 0 Å². The van der Waals surface area contributed by atoms with E-state index in [1.807, 2.05) is 0 Å². The molecule has 0 N–H and O–H groups in total. The predicted molar refractivity (Wildman–Crippen MR) is 63.3 cm³/mol. The molecule has 1 aliphatic rings. The van der Waals surface area contributed by atoms with Gasteiger partial charge in [0.1, 0.15) is 5.69 Å². The summed E-state index contributed by atoms with van der Waals surface area (Å²) in [5.74, 6) is -0.216. The molecule has 0 unspecified atom stereocenters. The Balaban J connectivity index is 2.42. The largest absolute Gasteiger partial charge is 0.461 e. The number of aromatic nitrogens is 1. The molecule has 0 saturated carbocycles. The lowest BCUT2D eigenvalue weighted by atomic mass is 10.1. The molecule has 4 heteroatoms. The van der Waals surface area contributed by atoms with Crippen LogP contribution in [0.4, 0.5) is 0 Å². The minimum atomic E-state index is -0.351. The van der Waals surface area contributed by atoms with Crippen LogP contribution in [-0.4, -0.2) is 22.9 Å². The highest BCUT2D eigenvalue weighted by Gasteiger charge is 2.24. The lowest BCUT2D eigenvalue weighted by Gasteiger charge is -2.06. The summed E-state index contributed by atoms with van der Waals surface area (Å²) in [6, 6.07) is 1.80. The first kappa shape index (κ1) is 11.9. The third-order valence-electron chi connectivity index (χ3n) is 3.16. The summed E-state index contributed by atoms with van der Waals surface area (Å²) in [6.07, 6.45) is 3.38. The van der Waals surface area contributed by atoms with Crippen molar-refractivity contribution in [3.8, 4) is 0 Å². The van der Waals surface area contributed by atoms with Crippen LogP contribution < -0.4 is 0 Å². The Morgan fingerprint density at radius 2 is 2.12 bits per heavy atom. The average Bonchev–Trinajstić information content (AvgIpc) is 2.50. The predicted octanol–water partition coefficient (Wildman–Crippen LogP) is 2.11. The van der Waals surface area contributed by atoms with E-state index < -0.39 is 0 Å². The van der Waals surface area contributed by atoms with Gasteiger partial charge in [-0.3, -0.25) is 4.79 Å². The zero-order valence-electron chi connectivity index (χ0n) is 10.3. The SMILES string of the molecule is CCOC(=O)c1cc2c(n1C)C(=O)CCCC2. The van der Waals surface area contributed by atoms with Crippen molar-refractivity contribution < 1.29 is 14.3 Å². The maximum atomic E-state index is 11.9. The maximum Gasteiger partial charge on any atom is 0.354 e. The summed E-state index contributed by atoms with van der Waals surface area (Å²) in [7, 11) is 1.76. The second kappa shape index (κ2) is 4.73. The molecule has 0 radical (unpaired) electrons. The van der Waals surface area contributed by atoms with E-state index in [-0.39, 0.29) is 11.8 Å². The number of ketones is 1. The molecule has 0 atom stereocenters. The van der Waals surface area contributed by atoms with Gasteiger partial charge in [-0.25, -0.2) is 4.79 Å². The molecule has 0 aromatic carbocycles. The minimum absolute atomic E-state index is 0.135. The number of ether oxygens (including phenoxy) is 1. The highest BCUT2D eigenvalue weighted by atomic mass is 16.5.